The van der Waals surface area contributed by atoms with Crippen LogP contribution in [0.5, 0.6) is 0 Å². The van der Waals surface area contributed by atoms with Crippen LogP contribution in [-0.2, 0) is 6.54 Å². The quantitative estimate of drug-likeness (QED) is 0.738. The Morgan fingerprint density at radius 3 is 2.67 bits per heavy atom. The van der Waals surface area contributed by atoms with Gasteiger partial charge in [0.25, 0.3) is 0 Å². The van der Waals surface area contributed by atoms with Crippen LogP contribution >= 0.6 is 0 Å². The van der Waals surface area contributed by atoms with Crippen molar-refractivity contribution in [3.63, 3.8) is 0 Å². The Hall–Kier alpha value is -0.870. The molecule has 1 rings (SSSR count). The van der Waals surface area contributed by atoms with Crippen molar-refractivity contribution >= 4 is 0 Å². The molecule has 2 N–H and O–H groups in total. The van der Waals surface area contributed by atoms with Gasteiger partial charge in [-0.3, -0.25) is 5.10 Å². The molecule has 0 aliphatic heterocycles. The third kappa shape index (κ3) is 4.01. The maximum Gasteiger partial charge on any atom is 0.0490 e. The van der Waals surface area contributed by atoms with E-state index in [0.29, 0.717) is 12.0 Å². The third-order valence-corrected chi connectivity index (χ3v) is 2.66. The van der Waals surface area contributed by atoms with Crippen LogP contribution in [0.1, 0.15) is 19.5 Å². The molecule has 1 aromatic heterocycles. The molecule has 0 aromatic carbocycles. The highest BCUT2D eigenvalue weighted by Gasteiger charge is 2.14. The van der Waals surface area contributed by atoms with Crippen LogP contribution in [0.25, 0.3) is 0 Å². The highest BCUT2D eigenvalue weighted by molar-refractivity contribution is 4.96. The summed E-state index contributed by atoms with van der Waals surface area (Å²) in [6.45, 7) is 6.37. The van der Waals surface area contributed by atoms with Crippen LogP contribution in [0.3, 0.4) is 0 Å². The van der Waals surface area contributed by atoms with E-state index in [9.17, 15) is 0 Å². The van der Waals surface area contributed by atoms with Gasteiger partial charge in [0.1, 0.15) is 0 Å². The molecule has 0 saturated heterocycles. The lowest BCUT2D eigenvalue weighted by Gasteiger charge is -2.28. The van der Waals surface area contributed by atoms with E-state index in [1.54, 1.807) is 6.20 Å². The molecule has 1 heterocycles. The molecule has 1 aromatic rings. The fourth-order valence-corrected chi connectivity index (χ4v) is 1.75. The van der Waals surface area contributed by atoms with Crippen LogP contribution < -0.4 is 5.32 Å². The van der Waals surface area contributed by atoms with Crippen LogP contribution in [0.15, 0.2) is 12.3 Å². The molecule has 0 bridgehead atoms. The summed E-state index contributed by atoms with van der Waals surface area (Å²) < 4.78 is 0. The summed E-state index contributed by atoms with van der Waals surface area (Å²) in [5.41, 5.74) is 1.14. The van der Waals surface area contributed by atoms with Crippen molar-refractivity contribution in [3.8, 4) is 0 Å². The van der Waals surface area contributed by atoms with Gasteiger partial charge in [-0.2, -0.15) is 5.10 Å². The highest BCUT2D eigenvalue weighted by Crippen LogP contribution is 2.06. The normalized spacial score (nSPS) is 13.7. The molecule has 0 spiro atoms. The fourth-order valence-electron chi connectivity index (χ4n) is 1.75. The van der Waals surface area contributed by atoms with E-state index in [-0.39, 0.29) is 0 Å². The maximum absolute atomic E-state index is 3.91. The summed E-state index contributed by atoms with van der Waals surface area (Å²) in [6, 6.07) is 2.57. The van der Waals surface area contributed by atoms with Gasteiger partial charge in [0, 0.05) is 31.0 Å². The second-order valence-corrected chi connectivity index (χ2v) is 4.49. The molecule has 0 aliphatic carbocycles. The van der Waals surface area contributed by atoms with E-state index in [2.05, 4.69) is 48.4 Å². The summed E-state index contributed by atoms with van der Waals surface area (Å²) >= 11 is 0. The molecule has 0 aliphatic rings. The molecule has 15 heavy (non-hydrogen) atoms. The number of aromatic amines is 1. The van der Waals surface area contributed by atoms with E-state index >= 15 is 0 Å². The molecule has 4 heteroatoms. The summed E-state index contributed by atoms with van der Waals surface area (Å²) in [6.07, 6.45) is 1.78. The first kappa shape index (κ1) is 12.2. The lowest BCUT2D eigenvalue weighted by atomic mass is 10.0. The van der Waals surface area contributed by atoms with Crippen molar-refractivity contribution in [2.45, 2.75) is 26.4 Å². The van der Waals surface area contributed by atoms with Crippen molar-refractivity contribution in [1.29, 1.82) is 0 Å². The van der Waals surface area contributed by atoms with Gasteiger partial charge in [0.15, 0.2) is 0 Å². The van der Waals surface area contributed by atoms with Gasteiger partial charge in [0.05, 0.1) is 0 Å². The van der Waals surface area contributed by atoms with Gasteiger partial charge < -0.3 is 10.2 Å². The summed E-state index contributed by atoms with van der Waals surface area (Å²) in [5, 5.41) is 10.3. The predicted molar refractivity (Wildman–Crippen MR) is 62.6 cm³/mol. The van der Waals surface area contributed by atoms with Gasteiger partial charge in [-0.05, 0) is 26.1 Å². The number of hydrogen-bond donors (Lipinski definition) is 2. The SMILES string of the molecule is CC(C)C(CNCc1ccn[nH]1)N(C)C. The number of likely N-dealkylation sites (N-methyl/N-ethyl adjacent to an activating group) is 1. The lowest BCUT2D eigenvalue weighted by molar-refractivity contribution is 0.224. The van der Waals surface area contributed by atoms with Crippen molar-refractivity contribution in [1.82, 2.24) is 20.4 Å². The largest absolute Gasteiger partial charge is 0.310 e. The van der Waals surface area contributed by atoms with Crippen LogP contribution in [0.4, 0.5) is 0 Å². The fraction of sp³-hybridized carbons (Fsp3) is 0.727. The Balaban J connectivity index is 2.28. The van der Waals surface area contributed by atoms with Crippen molar-refractivity contribution in [2.24, 2.45) is 5.92 Å². The molecule has 86 valence electrons. The third-order valence-electron chi connectivity index (χ3n) is 2.66. The molecule has 4 nitrogen and oxygen atoms in total. The number of hydrogen-bond acceptors (Lipinski definition) is 3. The Morgan fingerprint density at radius 2 is 2.20 bits per heavy atom. The molecular formula is C11H22N4. The molecule has 1 unspecified atom stereocenters. The van der Waals surface area contributed by atoms with E-state index in [4.69, 9.17) is 0 Å². The molecule has 0 fully saturated rings. The minimum Gasteiger partial charge on any atom is -0.310 e. The molecule has 1 atom stereocenters. The average Bonchev–Trinajstić information content (AvgIpc) is 2.63. The zero-order valence-corrected chi connectivity index (χ0v) is 10.1. The second-order valence-electron chi connectivity index (χ2n) is 4.49. The van der Waals surface area contributed by atoms with Gasteiger partial charge in [-0.1, -0.05) is 13.8 Å². The van der Waals surface area contributed by atoms with E-state index in [1.807, 2.05) is 6.07 Å². The number of H-pyrrole nitrogens is 1. The number of nitrogens with zero attached hydrogens (tertiary/aromatic N) is 2. The van der Waals surface area contributed by atoms with E-state index in [0.717, 1.165) is 18.8 Å². The van der Waals surface area contributed by atoms with Crippen molar-refractivity contribution in [2.75, 3.05) is 20.6 Å². The average molecular weight is 210 g/mol. The zero-order chi connectivity index (χ0) is 11.3. The molecular weight excluding hydrogens is 188 g/mol. The van der Waals surface area contributed by atoms with Crippen LogP contribution in [0.2, 0.25) is 0 Å². The first-order valence-corrected chi connectivity index (χ1v) is 5.46. The lowest BCUT2D eigenvalue weighted by Crippen LogP contribution is -2.41. The monoisotopic (exact) mass is 210 g/mol. The number of aromatic nitrogens is 2. The summed E-state index contributed by atoms with van der Waals surface area (Å²) in [4.78, 5) is 2.27. The van der Waals surface area contributed by atoms with Gasteiger partial charge in [-0.15, -0.1) is 0 Å². The van der Waals surface area contributed by atoms with Crippen LogP contribution in [0, 0.1) is 5.92 Å². The Bertz CT molecular complexity index is 246. The van der Waals surface area contributed by atoms with Crippen LogP contribution in [-0.4, -0.2) is 41.8 Å². The Kier molecular flexibility index (Phi) is 4.78. The van der Waals surface area contributed by atoms with Crippen molar-refractivity contribution in [3.05, 3.63) is 18.0 Å². The summed E-state index contributed by atoms with van der Waals surface area (Å²) in [7, 11) is 4.26. The standard InChI is InChI=1S/C11H22N4/c1-9(2)11(15(3)4)8-12-7-10-5-6-13-14-10/h5-6,9,11-12H,7-8H2,1-4H3,(H,13,14). The number of rotatable bonds is 6. The Morgan fingerprint density at radius 1 is 1.47 bits per heavy atom. The topological polar surface area (TPSA) is 44.0 Å². The molecule has 0 radical (unpaired) electrons. The Labute approximate surface area is 92.1 Å². The van der Waals surface area contributed by atoms with Gasteiger partial charge >= 0.3 is 0 Å². The summed E-state index contributed by atoms with van der Waals surface area (Å²) in [5.74, 6) is 0.661. The predicted octanol–water partition coefficient (Wildman–Crippen LogP) is 1.09. The number of nitrogens with one attached hydrogen (secondary N) is 2. The maximum atomic E-state index is 3.91. The minimum absolute atomic E-state index is 0.577. The van der Waals surface area contributed by atoms with E-state index < -0.39 is 0 Å². The van der Waals surface area contributed by atoms with Crippen molar-refractivity contribution < 1.29 is 0 Å². The minimum atomic E-state index is 0.577. The van der Waals surface area contributed by atoms with E-state index in [1.165, 1.54) is 0 Å². The smallest absolute Gasteiger partial charge is 0.0490 e. The molecule has 0 saturated carbocycles. The second kappa shape index (κ2) is 5.88. The first-order chi connectivity index (χ1) is 7.11. The highest BCUT2D eigenvalue weighted by atomic mass is 15.1. The van der Waals surface area contributed by atoms with Gasteiger partial charge in [0.2, 0.25) is 0 Å². The zero-order valence-electron chi connectivity index (χ0n) is 10.1. The molecule has 0 amide bonds. The van der Waals surface area contributed by atoms with Gasteiger partial charge in [-0.25, -0.2) is 0 Å². The first-order valence-electron chi connectivity index (χ1n) is 5.46.